The first-order valence-corrected chi connectivity index (χ1v) is 9.86. The summed E-state index contributed by atoms with van der Waals surface area (Å²) in [6.07, 6.45) is 2.40. The molecule has 2 amide bonds. The number of amides is 2. The van der Waals surface area contributed by atoms with Crippen molar-refractivity contribution >= 4 is 6.03 Å². The largest absolute Gasteiger partial charge is 0.338 e. The lowest BCUT2D eigenvalue weighted by Crippen LogP contribution is -2.38. The van der Waals surface area contributed by atoms with Crippen molar-refractivity contribution in [1.82, 2.24) is 20.4 Å². The van der Waals surface area contributed by atoms with E-state index in [4.69, 9.17) is 0 Å². The van der Waals surface area contributed by atoms with E-state index in [9.17, 15) is 9.18 Å². The molecule has 0 atom stereocenters. The topological polar surface area (TPSA) is 61.0 Å². The average molecular weight is 394 g/mol. The fraction of sp³-hybridized carbons (Fsp3) is 0.304. The van der Waals surface area contributed by atoms with E-state index in [1.54, 1.807) is 18.0 Å². The van der Waals surface area contributed by atoms with Gasteiger partial charge in [0.1, 0.15) is 5.82 Å². The van der Waals surface area contributed by atoms with Gasteiger partial charge in [-0.1, -0.05) is 42.0 Å². The van der Waals surface area contributed by atoms with E-state index in [1.165, 1.54) is 23.3 Å². The Hall–Kier alpha value is -3.15. The van der Waals surface area contributed by atoms with Gasteiger partial charge in [0.15, 0.2) is 0 Å². The number of halogens is 1. The summed E-state index contributed by atoms with van der Waals surface area (Å²) < 4.78 is 13.3. The standard InChI is InChI=1S/C23H27FN4O/c1-17-8-10-18(11-9-17)12-13-25-23(29)28(2)14-4-7-21-16-22(27-26-21)19-5-3-6-20(24)15-19/h3,5-6,8-11,15-16H,4,7,12-14H2,1-2H3,(H,25,29)(H,26,27). The molecular formula is C23H27FN4O. The summed E-state index contributed by atoms with van der Waals surface area (Å²) in [5.41, 5.74) is 4.89. The number of H-pyrrole nitrogens is 1. The van der Waals surface area contributed by atoms with Crippen LogP contribution in [0.25, 0.3) is 11.3 Å². The smallest absolute Gasteiger partial charge is 0.317 e. The van der Waals surface area contributed by atoms with Crippen LogP contribution in [0.4, 0.5) is 9.18 Å². The van der Waals surface area contributed by atoms with E-state index in [0.717, 1.165) is 36.2 Å². The lowest BCUT2D eigenvalue weighted by atomic mass is 10.1. The predicted octanol–water partition coefficient (Wildman–Crippen LogP) is 4.34. The first-order chi connectivity index (χ1) is 14.0. The molecular weight excluding hydrogens is 367 g/mol. The van der Waals surface area contributed by atoms with E-state index in [2.05, 4.69) is 46.7 Å². The first kappa shape index (κ1) is 20.6. The van der Waals surface area contributed by atoms with Crippen LogP contribution in [-0.2, 0) is 12.8 Å². The molecule has 0 aliphatic carbocycles. The molecule has 0 saturated carbocycles. The monoisotopic (exact) mass is 394 g/mol. The van der Waals surface area contributed by atoms with Crippen LogP contribution in [0.15, 0.2) is 54.6 Å². The molecule has 0 fully saturated rings. The minimum atomic E-state index is -0.276. The molecule has 2 N–H and O–H groups in total. The molecule has 6 heteroatoms. The molecule has 3 rings (SSSR count). The number of rotatable bonds is 8. The van der Waals surface area contributed by atoms with Crippen LogP contribution < -0.4 is 5.32 Å². The molecule has 5 nitrogen and oxygen atoms in total. The molecule has 29 heavy (non-hydrogen) atoms. The van der Waals surface area contributed by atoms with E-state index in [1.807, 2.05) is 12.1 Å². The van der Waals surface area contributed by atoms with Crippen molar-refractivity contribution in [2.45, 2.75) is 26.2 Å². The van der Waals surface area contributed by atoms with Crippen LogP contribution >= 0.6 is 0 Å². The zero-order chi connectivity index (χ0) is 20.6. The van der Waals surface area contributed by atoms with E-state index in [0.29, 0.717) is 13.1 Å². The average Bonchev–Trinajstić information content (AvgIpc) is 3.18. The van der Waals surface area contributed by atoms with Crippen molar-refractivity contribution in [2.24, 2.45) is 0 Å². The summed E-state index contributed by atoms with van der Waals surface area (Å²) in [6, 6.07) is 16.6. The summed E-state index contributed by atoms with van der Waals surface area (Å²) in [6.45, 7) is 3.32. The summed E-state index contributed by atoms with van der Waals surface area (Å²) in [7, 11) is 1.80. The highest BCUT2D eigenvalue weighted by Crippen LogP contribution is 2.19. The van der Waals surface area contributed by atoms with Gasteiger partial charge in [-0.3, -0.25) is 5.10 Å². The van der Waals surface area contributed by atoms with Gasteiger partial charge in [0, 0.05) is 31.4 Å². The molecule has 0 unspecified atom stereocenters. The molecule has 1 heterocycles. The highest BCUT2D eigenvalue weighted by molar-refractivity contribution is 5.73. The molecule has 152 valence electrons. The highest BCUT2D eigenvalue weighted by atomic mass is 19.1. The van der Waals surface area contributed by atoms with Crippen LogP contribution in [0.2, 0.25) is 0 Å². The minimum Gasteiger partial charge on any atom is -0.338 e. The first-order valence-electron chi connectivity index (χ1n) is 9.86. The summed E-state index contributed by atoms with van der Waals surface area (Å²) in [5, 5.41) is 10.2. The maximum Gasteiger partial charge on any atom is 0.317 e. The van der Waals surface area contributed by atoms with E-state index < -0.39 is 0 Å². The zero-order valence-electron chi connectivity index (χ0n) is 16.9. The maximum absolute atomic E-state index is 13.3. The number of carbonyl (C=O) groups excluding carboxylic acids is 1. The minimum absolute atomic E-state index is 0.0674. The summed E-state index contributed by atoms with van der Waals surface area (Å²) in [5.74, 6) is -0.276. The molecule has 3 aromatic rings. The lowest BCUT2D eigenvalue weighted by molar-refractivity contribution is 0.208. The third-order valence-corrected chi connectivity index (χ3v) is 4.85. The third-order valence-electron chi connectivity index (χ3n) is 4.85. The molecule has 0 bridgehead atoms. The Morgan fingerprint density at radius 3 is 2.69 bits per heavy atom. The number of hydrogen-bond donors (Lipinski definition) is 2. The van der Waals surface area contributed by atoms with Gasteiger partial charge in [0.2, 0.25) is 0 Å². The number of carbonyl (C=O) groups is 1. The predicted molar refractivity (Wildman–Crippen MR) is 113 cm³/mol. The van der Waals surface area contributed by atoms with Crippen LogP contribution in [0, 0.1) is 12.7 Å². The van der Waals surface area contributed by atoms with E-state index in [-0.39, 0.29) is 11.8 Å². The van der Waals surface area contributed by atoms with Crippen LogP contribution in [0.5, 0.6) is 0 Å². The third kappa shape index (κ3) is 6.17. The number of nitrogens with zero attached hydrogens (tertiary/aromatic N) is 2. The Morgan fingerprint density at radius 1 is 1.14 bits per heavy atom. The number of hydrogen-bond acceptors (Lipinski definition) is 2. The number of nitrogens with one attached hydrogen (secondary N) is 2. The van der Waals surface area contributed by atoms with Crippen molar-refractivity contribution in [2.75, 3.05) is 20.1 Å². The van der Waals surface area contributed by atoms with Gasteiger partial charge in [-0.2, -0.15) is 5.10 Å². The van der Waals surface area contributed by atoms with Gasteiger partial charge in [0.25, 0.3) is 0 Å². The molecule has 0 aliphatic rings. The van der Waals surface area contributed by atoms with Gasteiger partial charge in [-0.25, -0.2) is 9.18 Å². The normalized spacial score (nSPS) is 10.7. The number of urea groups is 1. The van der Waals surface area contributed by atoms with Crippen LogP contribution in [0.1, 0.15) is 23.2 Å². The second-order valence-corrected chi connectivity index (χ2v) is 7.28. The fourth-order valence-corrected chi connectivity index (χ4v) is 3.10. The molecule has 0 aliphatic heterocycles. The molecule has 1 aromatic heterocycles. The zero-order valence-corrected chi connectivity index (χ0v) is 16.9. The van der Waals surface area contributed by atoms with Gasteiger partial charge in [-0.05, 0) is 49.9 Å². The molecule has 0 radical (unpaired) electrons. The summed E-state index contributed by atoms with van der Waals surface area (Å²) in [4.78, 5) is 13.9. The lowest BCUT2D eigenvalue weighted by Gasteiger charge is -2.17. The van der Waals surface area contributed by atoms with Crippen molar-refractivity contribution in [1.29, 1.82) is 0 Å². The quantitative estimate of drug-likeness (QED) is 0.597. The second kappa shape index (κ2) is 9.87. The SMILES string of the molecule is Cc1ccc(CCNC(=O)N(C)CCCc2cc(-c3cccc(F)c3)n[nH]2)cc1. The molecule has 0 spiro atoms. The number of aromatic amines is 1. The Labute approximate surface area is 170 Å². The van der Waals surface area contributed by atoms with Gasteiger partial charge >= 0.3 is 6.03 Å². The van der Waals surface area contributed by atoms with Gasteiger partial charge < -0.3 is 10.2 Å². The highest BCUT2D eigenvalue weighted by Gasteiger charge is 2.09. The van der Waals surface area contributed by atoms with Crippen LogP contribution in [-0.4, -0.2) is 41.3 Å². The summed E-state index contributed by atoms with van der Waals surface area (Å²) >= 11 is 0. The maximum atomic E-state index is 13.3. The van der Waals surface area contributed by atoms with E-state index >= 15 is 0 Å². The Bertz CT molecular complexity index is 936. The number of aromatic nitrogens is 2. The molecule has 0 saturated heterocycles. The Kier molecular flexibility index (Phi) is 7.00. The molecule has 2 aromatic carbocycles. The Balaban J connectivity index is 1.38. The van der Waals surface area contributed by atoms with Crippen LogP contribution in [0.3, 0.4) is 0 Å². The number of aryl methyl sites for hydroxylation is 2. The van der Waals surface area contributed by atoms with Crippen molar-refractivity contribution in [3.8, 4) is 11.3 Å². The van der Waals surface area contributed by atoms with Crippen molar-refractivity contribution in [3.05, 3.63) is 77.2 Å². The van der Waals surface area contributed by atoms with Crippen molar-refractivity contribution < 1.29 is 9.18 Å². The number of benzene rings is 2. The second-order valence-electron chi connectivity index (χ2n) is 7.28. The fourth-order valence-electron chi connectivity index (χ4n) is 3.10. The van der Waals surface area contributed by atoms with Crippen molar-refractivity contribution in [3.63, 3.8) is 0 Å². The van der Waals surface area contributed by atoms with Gasteiger partial charge in [-0.15, -0.1) is 0 Å². The Morgan fingerprint density at radius 2 is 1.93 bits per heavy atom. The van der Waals surface area contributed by atoms with Gasteiger partial charge in [0.05, 0.1) is 5.69 Å².